The second-order valence-electron chi connectivity index (χ2n) is 8.07. The Kier molecular flexibility index (Phi) is 5.08. The van der Waals surface area contributed by atoms with E-state index in [9.17, 15) is 15.2 Å². The lowest BCUT2D eigenvalue weighted by Crippen LogP contribution is -2.56. The van der Waals surface area contributed by atoms with Crippen LogP contribution in [-0.4, -0.2) is 53.3 Å². The summed E-state index contributed by atoms with van der Waals surface area (Å²) in [5.41, 5.74) is 6.02. The lowest BCUT2D eigenvalue weighted by molar-refractivity contribution is -0.384. The molecule has 2 atom stereocenters. The molecule has 0 radical (unpaired) electrons. The van der Waals surface area contributed by atoms with Crippen molar-refractivity contribution in [2.24, 2.45) is 0 Å². The molecule has 2 aromatic rings. The smallest absolute Gasteiger partial charge is 0.269 e. The Bertz CT molecular complexity index is 891. The Balaban J connectivity index is 1.45. The van der Waals surface area contributed by atoms with Gasteiger partial charge in [0.2, 0.25) is 0 Å². The van der Waals surface area contributed by atoms with Crippen molar-refractivity contribution >= 4 is 11.4 Å². The molecule has 28 heavy (non-hydrogen) atoms. The highest BCUT2D eigenvalue weighted by Crippen LogP contribution is 2.30. The largest absolute Gasteiger partial charge is 0.391 e. The number of hydrogen-bond acceptors (Lipinski definition) is 5. The highest BCUT2D eigenvalue weighted by Gasteiger charge is 2.34. The molecule has 0 amide bonds. The van der Waals surface area contributed by atoms with E-state index in [1.54, 1.807) is 12.1 Å². The van der Waals surface area contributed by atoms with Crippen LogP contribution in [0.25, 0.3) is 0 Å². The van der Waals surface area contributed by atoms with E-state index in [1.807, 2.05) is 6.07 Å². The Morgan fingerprint density at radius 2 is 1.75 bits per heavy atom. The van der Waals surface area contributed by atoms with Gasteiger partial charge in [-0.25, -0.2) is 0 Å². The summed E-state index contributed by atoms with van der Waals surface area (Å²) in [5.74, 6) is 0. The molecular weight excluding hydrogens is 354 g/mol. The Labute approximate surface area is 165 Å². The van der Waals surface area contributed by atoms with Gasteiger partial charge in [-0.1, -0.05) is 18.2 Å². The van der Waals surface area contributed by atoms with Crippen LogP contribution in [0.5, 0.6) is 0 Å². The second kappa shape index (κ2) is 7.53. The third-order valence-corrected chi connectivity index (χ3v) is 6.19. The number of nitro benzene ring substituents is 1. The topological polar surface area (TPSA) is 69.9 Å². The van der Waals surface area contributed by atoms with E-state index in [-0.39, 0.29) is 16.7 Å². The van der Waals surface area contributed by atoms with Crippen LogP contribution in [0.1, 0.15) is 22.3 Å². The number of non-ortho nitro benzene ring substituents is 1. The summed E-state index contributed by atoms with van der Waals surface area (Å²) in [7, 11) is 0. The van der Waals surface area contributed by atoms with Crippen LogP contribution in [-0.2, 0) is 12.8 Å². The Morgan fingerprint density at radius 1 is 1.00 bits per heavy atom. The summed E-state index contributed by atoms with van der Waals surface area (Å²) in [6.45, 7) is 8.00. The number of aliphatic hydroxyl groups is 1. The average molecular weight is 381 g/mol. The van der Waals surface area contributed by atoms with Crippen molar-refractivity contribution in [3.8, 4) is 0 Å². The van der Waals surface area contributed by atoms with E-state index in [4.69, 9.17) is 0 Å². The molecule has 2 aromatic carbocycles. The molecule has 1 saturated heterocycles. The molecule has 4 rings (SSSR count). The van der Waals surface area contributed by atoms with Crippen LogP contribution in [0.15, 0.2) is 36.4 Å². The van der Waals surface area contributed by atoms with Gasteiger partial charge in [0.25, 0.3) is 5.69 Å². The van der Waals surface area contributed by atoms with Crippen molar-refractivity contribution in [2.75, 3.05) is 31.1 Å². The minimum atomic E-state index is -0.484. The molecule has 0 spiro atoms. The first-order chi connectivity index (χ1) is 13.4. The molecule has 1 aliphatic carbocycles. The zero-order valence-corrected chi connectivity index (χ0v) is 16.5. The number of nitro groups is 1. The van der Waals surface area contributed by atoms with Gasteiger partial charge in [-0.2, -0.15) is 0 Å². The minimum absolute atomic E-state index is 0.0784. The van der Waals surface area contributed by atoms with E-state index in [1.165, 1.54) is 16.8 Å². The fourth-order valence-corrected chi connectivity index (χ4v) is 4.56. The van der Waals surface area contributed by atoms with Gasteiger partial charge in [0.15, 0.2) is 0 Å². The van der Waals surface area contributed by atoms with Gasteiger partial charge in [0.05, 0.1) is 11.0 Å². The third-order valence-electron chi connectivity index (χ3n) is 6.19. The minimum Gasteiger partial charge on any atom is -0.391 e. The number of aliphatic hydroxyl groups excluding tert-OH is 1. The number of benzene rings is 2. The molecule has 1 fully saturated rings. The summed E-state index contributed by atoms with van der Waals surface area (Å²) in [6, 6.07) is 11.7. The molecule has 6 nitrogen and oxygen atoms in total. The summed E-state index contributed by atoms with van der Waals surface area (Å²) in [5, 5.41) is 21.7. The lowest BCUT2D eigenvalue weighted by Gasteiger charge is -2.44. The first kappa shape index (κ1) is 18.9. The molecule has 1 aliphatic heterocycles. The highest BCUT2D eigenvalue weighted by molar-refractivity contribution is 5.55. The fraction of sp³-hybridized carbons (Fsp3) is 0.455. The number of piperazine rings is 1. The van der Waals surface area contributed by atoms with Crippen molar-refractivity contribution in [3.63, 3.8) is 0 Å². The van der Waals surface area contributed by atoms with Crippen LogP contribution in [0.2, 0.25) is 0 Å². The van der Waals surface area contributed by atoms with Crippen molar-refractivity contribution in [1.29, 1.82) is 0 Å². The van der Waals surface area contributed by atoms with Crippen LogP contribution in [0, 0.1) is 24.0 Å². The zero-order valence-electron chi connectivity index (χ0n) is 16.5. The molecule has 0 aromatic heterocycles. The van der Waals surface area contributed by atoms with Gasteiger partial charge in [0, 0.05) is 56.5 Å². The number of anilines is 1. The van der Waals surface area contributed by atoms with Gasteiger partial charge in [-0.3, -0.25) is 15.0 Å². The maximum atomic E-state index is 11.0. The second-order valence-corrected chi connectivity index (χ2v) is 8.07. The summed E-state index contributed by atoms with van der Waals surface area (Å²) < 4.78 is 0. The Morgan fingerprint density at radius 3 is 2.46 bits per heavy atom. The maximum absolute atomic E-state index is 11.0. The standard InChI is InChI=1S/C22H27N3O3/c1-15-3-4-16(2)20(11-15)23-7-9-24(10-8-23)21-13-17-5-6-19(25(27)28)12-18(17)14-22(21)26/h3-6,11-12,21-22,26H,7-10,13-14H2,1-2H3. The fourth-order valence-electron chi connectivity index (χ4n) is 4.56. The lowest BCUT2D eigenvalue weighted by atomic mass is 9.85. The predicted octanol–water partition coefficient (Wildman–Crippen LogP) is 2.86. The van der Waals surface area contributed by atoms with Crippen molar-refractivity contribution in [1.82, 2.24) is 4.90 Å². The van der Waals surface area contributed by atoms with Gasteiger partial charge in [0.1, 0.15) is 0 Å². The molecule has 0 bridgehead atoms. The molecule has 0 saturated carbocycles. The number of fused-ring (bicyclic) bond motifs is 1. The molecule has 1 N–H and O–H groups in total. The normalized spacial score (nSPS) is 22.8. The monoisotopic (exact) mass is 381 g/mol. The van der Waals surface area contributed by atoms with E-state index < -0.39 is 6.10 Å². The van der Waals surface area contributed by atoms with Gasteiger partial charge >= 0.3 is 0 Å². The average Bonchev–Trinajstić information content (AvgIpc) is 2.69. The molecule has 148 valence electrons. The SMILES string of the molecule is Cc1ccc(C)c(N2CCN(C3Cc4ccc([N+](=O)[O-])cc4CC3O)CC2)c1. The van der Waals surface area contributed by atoms with E-state index in [0.29, 0.717) is 6.42 Å². The molecule has 2 unspecified atom stereocenters. The van der Waals surface area contributed by atoms with Crippen molar-refractivity contribution < 1.29 is 10.0 Å². The highest BCUT2D eigenvalue weighted by atomic mass is 16.6. The van der Waals surface area contributed by atoms with Gasteiger partial charge < -0.3 is 10.0 Å². The van der Waals surface area contributed by atoms with Crippen LogP contribution in [0.4, 0.5) is 11.4 Å². The Hall–Kier alpha value is -2.44. The predicted molar refractivity (Wildman–Crippen MR) is 110 cm³/mol. The molecular formula is C22H27N3O3. The summed E-state index contributed by atoms with van der Waals surface area (Å²) in [6.07, 6.45) is 0.749. The van der Waals surface area contributed by atoms with E-state index in [0.717, 1.165) is 43.7 Å². The van der Waals surface area contributed by atoms with Crippen LogP contribution >= 0.6 is 0 Å². The number of rotatable bonds is 3. The quantitative estimate of drug-likeness (QED) is 0.654. The van der Waals surface area contributed by atoms with E-state index in [2.05, 4.69) is 41.8 Å². The number of hydrogen-bond donors (Lipinski definition) is 1. The molecule has 1 heterocycles. The van der Waals surface area contributed by atoms with Crippen LogP contribution in [0.3, 0.4) is 0 Å². The molecule has 6 heteroatoms. The first-order valence-corrected chi connectivity index (χ1v) is 9.93. The number of nitrogens with zero attached hydrogens (tertiary/aromatic N) is 3. The van der Waals surface area contributed by atoms with Gasteiger partial charge in [-0.05, 0) is 48.6 Å². The third kappa shape index (κ3) is 3.62. The maximum Gasteiger partial charge on any atom is 0.269 e. The molecule has 2 aliphatic rings. The number of aryl methyl sites for hydroxylation is 2. The summed E-state index contributed by atoms with van der Waals surface area (Å²) in [4.78, 5) is 15.5. The van der Waals surface area contributed by atoms with Gasteiger partial charge in [-0.15, -0.1) is 0 Å². The van der Waals surface area contributed by atoms with Crippen molar-refractivity contribution in [3.05, 3.63) is 68.8 Å². The summed E-state index contributed by atoms with van der Waals surface area (Å²) >= 11 is 0. The first-order valence-electron chi connectivity index (χ1n) is 9.93. The van der Waals surface area contributed by atoms with Crippen molar-refractivity contribution in [2.45, 2.75) is 38.8 Å². The van der Waals surface area contributed by atoms with E-state index >= 15 is 0 Å². The zero-order chi connectivity index (χ0) is 19.8. The van der Waals surface area contributed by atoms with Crippen LogP contribution < -0.4 is 4.90 Å².